The Labute approximate surface area is 114 Å². The molecule has 1 aliphatic rings. The first-order chi connectivity index (χ1) is 9.29. The van der Waals surface area contributed by atoms with Crippen molar-refractivity contribution in [2.75, 3.05) is 38.6 Å². The molecule has 2 rings (SSSR count). The SMILES string of the molecule is CCCOc1nc(OCCN2CCCC2)ccc1N. The summed E-state index contributed by atoms with van der Waals surface area (Å²) in [4.78, 5) is 6.69. The quantitative estimate of drug-likeness (QED) is 0.816. The zero-order valence-electron chi connectivity index (χ0n) is 11.6. The lowest BCUT2D eigenvalue weighted by atomic mass is 10.4. The van der Waals surface area contributed by atoms with Gasteiger partial charge in [0.15, 0.2) is 0 Å². The first-order valence-electron chi connectivity index (χ1n) is 7.04. The van der Waals surface area contributed by atoms with Gasteiger partial charge < -0.3 is 15.2 Å². The lowest BCUT2D eigenvalue weighted by Gasteiger charge is -2.15. The predicted octanol–water partition coefficient (Wildman–Crippen LogP) is 1.93. The number of pyridine rings is 1. The molecule has 1 fully saturated rings. The van der Waals surface area contributed by atoms with E-state index in [2.05, 4.69) is 9.88 Å². The number of ether oxygens (including phenoxy) is 2. The fourth-order valence-electron chi connectivity index (χ4n) is 2.11. The number of anilines is 1. The molecule has 0 bridgehead atoms. The second kappa shape index (κ2) is 7.19. The van der Waals surface area contributed by atoms with Crippen molar-refractivity contribution in [3.05, 3.63) is 12.1 Å². The van der Waals surface area contributed by atoms with E-state index in [1.54, 1.807) is 12.1 Å². The third kappa shape index (κ3) is 4.28. The van der Waals surface area contributed by atoms with Gasteiger partial charge >= 0.3 is 0 Å². The number of nitrogens with two attached hydrogens (primary N) is 1. The van der Waals surface area contributed by atoms with Gasteiger partial charge in [0.05, 0.1) is 12.3 Å². The maximum atomic E-state index is 5.81. The maximum absolute atomic E-state index is 5.81. The van der Waals surface area contributed by atoms with Crippen LogP contribution in [-0.4, -0.2) is 42.7 Å². The van der Waals surface area contributed by atoms with Crippen molar-refractivity contribution in [3.8, 4) is 11.8 Å². The number of nitrogen functional groups attached to an aromatic ring is 1. The van der Waals surface area contributed by atoms with E-state index in [-0.39, 0.29) is 0 Å². The van der Waals surface area contributed by atoms with E-state index in [4.69, 9.17) is 15.2 Å². The van der Waals surface area contributed by atoms with Crippen molar-refractivity contribution in [2.45, 2.75) is 26.2 Å². The number of aromatic nitrogens is 1. The number of nitrogens with zero attached hydrogens (tertiary/aromatic N) is 2. The van der Waals surface area contributed by atoms with Crippen LogP contribution in [0, 0.1) is 0 Å². The smallest absolute Gasteiger partial charge is 0.240 e. The van der Waals surface area contributed by atoms with Crippen molar-refractivity contribution in [1.29, 1.82) is 0 Å². The average Bonchev–Trinajstić information content (AvgIpc) is 2.92. The highest BCUT2D eigenvalue weighted by Crippen LogP contribution is 2.22. The molecule has 0 unspecified atom stereocenters. The minimum absolute atomic E-state index is 0.473. The number of hydrogen-bond donors (Lipinski definition) is 1. The van der Waals surface area contributed by atoms with Gasteiger partial charge in [-0.05, 0) is 38.4 Å². The van der Waals surface area contributed by atoms with E-state index in [9.17, 15) is 0 Å². The molecule has 0 aliphatic carbocycles. The summed E-state index contributed by atoms with van der Waals surface area (Å²) in [6, 6.07) is 3.57. The molecular formula is C14H23N3O2. The van der Waals surface area contributed by atoms with E-state index in [1.165, 1.54) is 25.9 Å². The summed E-state index contributed by atoms with van der Waals surface area (Å²) in [5.41, 5.74) is 6.36. The molecule has 1 aromatic rings. The average molecular weight is 265 g/mol. The second-order valence-corrected chi connectivity index (χ2v) is 4.79. The minimum atomic E-state index is 0.473. The Bertz CT molecular complexity index is 392. The van der Waals surface area contributed by atoms with Crippen LogP contribution in [0.5, 0.6) is 11.8 Å². The Balaban J connectivity index is 1.81. The summed E-state index contributed by atoms with van der Waals surface area (Å²) in [5.74, 6) is 1.06. The molecule has 2 heterocycles. The van der Waals surface area contributed by atoms with Crippen LogP contribution in [0.15, 0.2) is 12.1 Å². The molecule has 0 amide bonds. The summed E-state index contributed by atoms with van der Waals surface area (Å²) in [6.45, 7) is 6.65. The molecule has 2 N–H and O–H groups in total. The lowest BCUT2D eigenvalue weighted by Crippen LogP contribution is -2.25. The van der Waals surface area contributed by atoms with Crippen LogP contribution in [0.1, 0.15) is 26.2 Å². The van der Waals surface area contributed by atoms with Crippen molar-refractivity contribution < 1.29 is 9.47 Å². The molecule has 0 spiro atoms. The fourth-order valence-corrected chi connectivity index (χ4v) is 2.11. The monoisotopic (exact) mass is 265 g/mol. The van der Waals surface area contributed by atoms with Crippen molar-refractivity contribution in [2.24, 2.45) is 0 Å². The molecule has 0 saturated carbocycles. The van der Waals surface area contributed by atoms with Crippen LogP contribution < -0.4 is 15.2 Å². The second-order valence-electron chi connectivity index (χ2n) is 4.79. The van der Waals surface area contributed by atoms with Gasteiger partial charge in [-0.1, -0.05) is 6.92 Å². The van der Waals surface area contributed by atoms with Crippen molar-refractivity contribution in [3.63, 3.8) is 0 Å². The van der Waals surface area contributed by atoms with Crippen LogP contribution in [0.2, 0.25) is 0 Å². The van der Waals surface area contributed by atoms with Crippen molar-refractivity contribution >= 4 is 5.69 Å². The minimum Gasteiger partial charge on any atom is -0.476 e. The fraction of sp³-hybridized carbons (Fsp3) is 0.643. The Morgan fingerprint density at radius 1 is 1.21 bits per heavy atom. The zero-order chi connectivity index (χ0) is 13.5. The van der Waals surface area contributed by atoms with Gasteiger partial charge in [0, 0.05) is 12.6 Å². The molecule has 106 valence electrons. The summed E-state index contributed by atoms with van der Waals surface area (Å²) >= 11 is 0. The number of likely N-dealkylation sites (tertiary alicyclic amines) is 1. The maximum Gasteiger partial charge on any atom is 0.240 e. The van der Waals surface area contributed by atoms with Crippen molar-refractivity contribution in [1.82, 2.24) is 9.88 Å². The molecule has 1 aromatic heterocycles. The molecule has 1 saturated heterocycles. The van der Waals surface area contributed by atoms with Gasteiger partial charge in [0.2, 0.25) is 11.8 Å². The Kier molecular flexibility index (Phi) is 5.27. The van der Waals surface area contributed by atoms with Crippen LogP contribution in [0.4, 0.5) is 5.69 Å². The first kappa shape index (κ1) is 13.9. The molecule has 0 atom stereocenters. The Morgan fingerprint density at radius 2 is 2.00 bits per heavy atom. The highest BCUT2D eigenvalue weighted by atomic mass is 16.5. The Hall–Kier alpha value is -1.49. The summed E-state index contributed by atoms with van der Waals surface area (Å²) < 4.78 is 11.1. The Morgan fingerprint density at radius 3 is 2.74 bits per heavy atom. The largest absolute Gasteiger partial charge is 0.476 e. The van der Waals surface area contributed by atoms with Gasteiger partial charge in [-0.3, -0.25) is 4.90 Å². The highest BCUT2D eigenvalue weighted by Gasteiger charge is 2.11. The van der Waals surface area contributed by atoms with E-state index in [1.807, 2.05) is 6.92 Å². The van der Waals surface area contributed by atoms with Gasteiger partial charge in [-0.2, -0.15) is 4.98 Å². The third-order valence-corrected chi connectivity index (χ3v) is 3.16. The topological polar surface area (TPSA) is 60.6 Å². The normalized spacial score (nSPS) is 15.6. The van der Waals surface area contributed by atoms with E-state index in [0.717, 1.165) is 13.0 Å². The summed E-state index contributed by atoms with van der Waals surface area (Å²) in [7, 11) is 0. The first-order valence-corrected chi connectivity index (χ1v) is 7.04. The zero-order valence-corrected chi connectivity index (χ0v) is 11.6. The molecule has 19 heavy (non-hydrogen) atoms. The molecule has 0 radical (unpaired) electrons. The molecule has 0 aromatic carbocycles. The van der Waals surface area contributed by atoms with Crippen LogP contribution in [0.3, 0.4) is 0 Å². The van der Waals surface area contributed by atoms with Crippen LogP contribution in [-0.2, 0) is 0 Å². The number of hydrogen-bond acceptors (Lipinski definition) is 5. The molecule has 5 heteroatoms. The van der Waals surface area contributed by atoms with E-state index >= 15 is 0 Å². The number of rotatable bonds is 7. The summed E-state index contributed by atoms with van der Waals surface area (Å²) in [6.07, 6.45) is 3.53. The predicted molar refractivity (Wildman–Crippen MR) is 75.6 cm³/mol. The van der Waals surface area contributed by atoms with Gasteiger partial charge in [0.1, 0.15) is 6.61 Å². The highest BCUT2D eigenvalue weighted by molar-refractivity contribution is 5.49. The summed E-state index contributed by atoms with van der Waals surface area (Å²) in [5, 5.41) is 0. The van der Waals surface area contributed by atoms with Crippen LogP contribution >= 0.6 is 0 Å². The van der Waals surface area contributed by atoms with Gasteiger partial charge in [0.25, 0.3) is 0 Å². The van der Waals surface area contributed by atoms with Gasteiger partial charge in [-0.25, -0.2) is 0 Å². The van der Waals surface area contributed by atoms with E-state index < -0.39 is 0 Å². The van der Waals surface area contributed by atoms with E-state index in [0.29, 0.717) is 30.7 Å². The standard InChI is InChI=1S/C14H23N3O2/c1-2-10-19-14-12(15)5-6-13(16-14)18-11-9-17-7-3-4-8-17/h5-6H,2-4,7-11,15H2,1H3. The molecule has 1 aliphatic heterocycles. The molecule has 5 nitrogen and oxygen atoms in total. The molecular weight excluding hydrogens is 242 g/mol. The van der Waals surface area contributed by atoms with Gasteiger partial charge in [-0.15, -0.1) is 0 Å². The lowest BCUT2D eigenvalue weighted by molar-refractivity contribution is 0.228. The third-order valence-electron chi connectivity index (χ3n) is 3.16. The van der Waals surface area contributed by atoms with Crippen LogP contribution in [0.25, 0.3) is 0 Å².